The first-order valence-electron chi connectivity index (χ1n) is 4.39. The fraction of sp³-hybridized carbons (Fsp3) is 0.400. The summed E-state index contributed by atoms with van der Waals surface area (Å²) < 4.78 is 12.9. The van der Waals surface area contributed by atoms with Gasteiger partial charge in [-0.2, -0.15) is 0 Å². The van der Waals surface area contributed by atoms with Crippen LogP contribution < -0.4 is 5.32 Å². The Hall–Kier alpha value is -0.800. The highest BCUT2D eigenvalue weighted by atomic mass is 35.5. The molecule has 14 heavy (non-hydrogen) atoms. The van der Waals surface area contributed by atoms with Gasteiger partial charge in [0.05, 0.1) is 6.10 Å². The van der Waals surface area contributed by atoms with Gasteiger partial charge in [-0.15, -0.1) is 0 Å². The highest BCUT2D eigenvalue weighted by Crippen LogP contribution is 2.19. The molecule has 4 heteroatoms. The lowest BCUT2D eigenvalue weighted by atomic mass is 10.2. The average molecular weight is 218 g/mol. The van der Waals surface area contributed by atoms with E-state index < -0.39 is 11.9 Å². The summed E-state index contributed by atoms with van der Waals surface area (Å²) in [5.41, 5.74) is 0.573. The third kappa shape index (κ3) is 3.16. The number of anilines is 1. The number of halogens is 2. The largest absolute Gasteiger partial charge is 0.391 e. The number of benzene rings is 1. The summed E-state index contributed by atoms with van der Waals surface area (Å²) in [4.78, 5) is 0. The van der Waals surface area contributed by atoms with Crippen LogP contribution in [-0.4, -0.2) is 17.3 Å². The van der Waals surface area contributed by atoms with E-state index in [1.165, 1.54) is 12.1 Å². The number of aliphatic hydroxyl groups is 1. The Morgan fingerprint density at radius 3 is 2.50 bits per heavy atom. The lowest BCUT2D eigenvalue weighted by Gasteiger charge is -2.17. The molecule has 2 unspecified atom stereocenters. The van der Waals surface area contributed by atoms with Crippen molar-refractivity contribution in [2.75, 3.05) is 5.32 Å². The third-order valence-electron chi connectivity index (χ3n) is 1.98. The summed E-state index contributed by atoms with van der Waals surface area (Å²) in [5.74, 6) is -0.391. The van der Waals surface area contributed by atoms with Crippen molar-refractivity contribution in [2.45, 2.75) is 26.0 Å². The van der Waals surface area contributed by atoms with Crippen LogP contribution in [0.5, 0.6) is 0 Å². The lowest BCUT2D eigenvalue weighted by Crippen LogP contribution is -2.27. The maximum atomic E-state index is 12.9. The maximum absolute atomic E-state index is 12.9. The molecule has 2 atom stereocenters. The van der Waals surface area contributed by atoms with E-state index >= 15 is 0 Å². The third-order valence-corrected chi connectivity index (χ3v) is 2.20. The minimum Gasteiger partial charge on any atom is -0.391 e. The van der Waals surface area contributed by atoms with Crippen molar-refractivity contribution in [3.63, 3.8) is 0 Å². The molecule has 0 aliphatic carbocycles. The molecule has 0 amide bonds. The Bertz CT molecular complexity index is 297. The second kappa shape index (κ2) is 4.62. The first-order valence-corrected chi connectivity index (χ1v) is 4.77. The summed E-state index contributed by atoms with van der Waals surface area (Å²) in [6.45, 7) is 3.47. The van der Waals surface area contributed by atoms with Gasteiger partial charge < -0.3 is 10.4 Å². The van der Waals surface area contributed by atoms with Gasteiger partial charge in [-0.1, -0.05) is 11.6 Å². The van der Waals surface area contributed by atoms with Crippen molar-refractivity contribution >= 4 is 17.3 Å². The molecule has 0 spiro atoms. The zero-order valence-corrected chi connectivity index (χ0v) is 8.85. The fourth-order valence-electron chi connectivity index (χ4n) is 1.02. The Morgan fingerprint density at radius 2 is 2.00 bits per heavy atom. The molecule has 2 nitrogen and oxygen atoms in total. The van der Waals surface area contributed by atoms with Gasteiger partial charge >= 0.3 is 0 Å². The van der Waals surface area contributed by atoms with Gasteiger partial charge in [-0.25, -0.2) is 4.39 Å². The summed E-state index contributed by atoms with van der Waals surface area (Å²) in [6, 6.07) is 4.04. The average Bonchev–Trinajstić information content (AvgIpc) is 2.01. The van der Waals surface area contributed by atoms with Gasteiger partial charge in [0.1, 0.15) is 5.82 Å². The predicted molar refractivity (Wildman–Crippen MR) is 56.2 cm³/mol. The molecule has 78 valence electrons. The molecular formula is C10H13ClFNO. The van der Waals surface area contributed by atoms with Crippen LogP contribution in [0.25, 0.3) is 0 Å². The second-order valence-electron chi connectivity index (χ2n) is 3.33. The monoisotopic (exact) mass is 217 g/mol. The van der Waals surface area contributed by atoms with E-state index in [1.807, 2.05) is 6.92 Å². The van der Waals surface area contributed by atoms with E-state index in [4.69, 9.17) is 11.6 Å². The molecule has 2 N–H and O–H groups in total. The van der Waals surface area contributed by atoms with Crippen LogP contribution in [0.3, 0.4) is 0 Å². The van der Waals surface area contributed by atoms with Gasteiger partial charge in [-0.3, -0.25) is 0 Å². The highest BCUT2D eigenvalue weighted by Gasteiger charge is 2.08. The summed E-state index contributed by atoms with van der Waals surface area (Å²) in [7, 11) is 0. The van der Waals surface area contributed by atoms with Crippen molar-refractivity contribution in [2.24, 2.45) is 0 Å². The van der Waals surface area contributed by atoms with Gasteiger partial charge in [0.15, 0.2) is 0 Å². The fourth-order valence-corrected chi connectivity index (χ4v) is 1.24. The van der Waals surface area contributed by atoms with Crippen molar-refractivity contribution < 1.29 is 9.50 Å². The van der Waals surface area contributed by atoms with Crippen LogP contribution in [0, 0.1) is 5.82 Å². The van der Waals surface area contributed by atoms with Gasteiger partial charge in [0.2, 0.25) is 0 Å². The molecular weight excluding hydrogens is 205 g/mol. The van der Waals surface area contributed by atoms with E-state index in [0.717, 1.165) is 0 Å². The van der Waals surface area contributed by atoms with Crippen LogP contribution in [0.1, 0.15) is 13.8 Å². The Kier molecular flexibility index (Phi) is 3.72. The van der Waals surface area contributed by atoms with Crippen LogP contribution in [0.2, 0.25) is 5.02 Å². The number of hydrogen-bond acceptors (Lipinski definition) is 2. The summed E-state index contributed by atoms with van der Waals surface area (Å²) in [6.07, 6.45) is -0.503. The van der Waals surface area contributed by atoms with Crippen LogP contribution in [0.4, 0.5) is 10.1 Å². The molecule has 0 fully saturated rings. The molecule has 0 aliphatic rings. The Labute approximate surface area is 87.7 Å². The molecule has 0 aliphatic heterocycles. The zero-order chi connectivity index (χ0) is 10.7. The standard InChI is InChI=1S/C10H13ClFNO/c1-6(7(2)14)13-10-4-8(11)3-9(12)5-10/h3-7,13-14H,1-2H3. The predicted octanol–water partition coefficient (Wildman–Crippen LogP) is 2.66. The normalized spacial score (nSPS) is 14.9. The molecule has 0 heterocycles. The van der Waals surface area contributed by atoms with E-state index in [9.17, 15) is 9.50 Å². The number of nitrogens with one attached hydrogen (secondary N) is 1. The molecule has 1 rings (SSSR count). The topological polar surface area (TPSA) is 32.3 Å². The van der Waals surface area contributed by atoms with Crippen molar-refractivity contribution in [1.29, 1.82) is 0 Å². The van der Waals surface area contributed by atoms with E-state index in [2.05, 4.69) is 5.32 Å². The first-order chi connectivity index (χ1) is 6.49. The highest BCUT2D eigenvalue weighted by molar-refractivity contribution is 6.30. The van der Waals surface area contributed by atoms with E-state index in [1.54, 1.807) is 13.0 Å². The molecule has 0 radical (unpaired) electrons. The quantitative estimate of drug-likeness (QED) is 0.816. The van der Waals surface area contributed by atoms with Crippen LogP contribution >= 0.6 is 11.6 Å². The Balaban J connectivity index is 2.76. The van der Waals surface area contributed by atoms with Gasteiger partial charge in [0.25, 0.3) is 0 Å². The minimum atomic E-state index is -0.503. The molecule has 0 saturated carbocycles. The summed E-state index contributed by atoms with van der Waals surface area (Å²) in [5, 5.41) is 12.5. The van der Waals surface area contributed by atoms with Crippen LogP contribution in [-0.2, 0) is 0 Å². The first kappa shape index (κ1) is 11.3. The molecule has 1 aromatic carbocycles. The minimum absolute atomic E-state index is 0.145. The van der Waals surface area contributed by atoms with Crippen molar-refractivity contribution in [1.82, 2.24) is 0 Å². The number of aliphatic hydroxyl groups excluding tert-OH is 1. The zero-order valence-electron chi connectivity index (χ0n) is 8.09. The van der Waals surface area contributed by atoms with Gasteiger partial charge in [0, 0.05) is 16.8 Å². The number of rotatable bonds is 3. The maximum Gasteiger partial charge on any atom is 0.126 e. The van der Waals surface area contributed by atoms with Crippen molar-refractivity contribution in [3.05, 3.63) is 29.0 Å². The SMILES string of the molecule is CC(O)C(C)Nc1cc(F)cc(Cl)c1. The summed E-state index contributed by atoms with van der Waals surface area (Å²) >= 11 is 5.67. The molecule has 0 bridgehead atoms. The lowest BCUT2D eigenvalue weighted by molar-refractivity contribution is 0.178. The van der Waals surface area contributed by atoms with Crippen molar-refractivity contribution in [3.8, 4) is 0 Å². The molecule has 0 saturated heterocycles. The van der Waals surface area contributed by atoms with Crippen LogP contribution in [0.15, 0.2) is 18.2 Å². The van der Waals surface area contributed by atoms with E-state index in [0.29, 0.717) is 10.7 Å². The van der Waals surface area contributed by atoms with Gasteiger partial charge in [-0.05, 0) is 32.0 Å². The molecule has 0 aromatic heterocycles. The Morgan fingerprint density at radius 1 is 1.36 bits per heavy atom. The number of hydrogen-bond donors (Lipinski definition) is 2. The smallest absolute Gasteiger partial charge is 0.126 e. The molecule has 1 aromatic rings. The van der Waals surface area contributed by atoms with E-state index in [-0.39, 0.29) is 6.04 Å². The second-order valence-corrected chi connectivity index (χ2v) is 3.77.